The summed E-state index contributed by atoms with van der Waals surface area (Å²) in [6.07, 6.45) is 2.34. The SMILES string of the molecule is Cl.NS(=O)(=O)c1ccc(OCCSCC(=O)NCC2CCCNC2)cc1. The number of nitrogens with one attached hydrogen (secondary N) is 2. The van der Waals surface area contributed by atoms with Crippen LogP contribution in [0.25, 0.3) is 0 Å². The number of ether oxygens (including phenoxy) is 1. The van der Waals surface area contributed by atoms with Gasteiger partial charge >= 0.3 is 0 Å². The van der Waals surface area contributed by atoms with Crippen LogP contribution in [-0.2, 0) is 14.8 Å². The third kappa shape index (κ3) is 8.59. The molecule has 1 amide bonds. The van der Waals surface area contributed by atoms with Gasteiger partial charge in [0.05, 0.1) is 17.3 Å². The van der Waals surface area contributed by atoms with Crippen molar-refractivity contribution in [2.45, 2.75) is 17.7 Å². The van der Waals surface area contributed by atoms with Crippen LogP contribution in [0.3, 0.4) is 0 Å². The van der Waals surface area contributed by atoms with Crippen LogP contribution < -0.4 is 20.5 Å². The molecular weight excluding hydrogens is 398 g/mol. The van der Waals surface area contributed by atoms with Gasteiger partial charge in [-0.2, -0.15) is 0 Å². The summed E-state index contributed by atoms with van der Waals surface area (Å²) in [5, 5.41) is 11.3. The number of amides is 1. The zero-order chi connectivity index (χ0) is 18.1. The highest BCUT2D eigenvalue weighted by Gasteiger charge is 2.13. The van der Waals surface area contributed by atoms with Crippen LogP contribution in [0.15, 0.2) is 29.2 Å². The third-order valence-electron chi connectivity index (χ3n) is 3.87. The van der Waals surface area contributed by atoms with Gasteiger partial charge in [0.15, 0.2) is 0 Å². The molecule has 0 radical (unpaired) electrons. The van der Waals surface area contributed by atoms with Gasteiger partial charge < -0.3 is 15.4 Å². The van der Waals surface area contributed by atoms with E-state index in [0.717, 1.165) is 19.6 Å². The molecule has 2 rings (SSSR count). The normalized spacial score (nSPS) is 17.2. The molecule has 1 saturated heterocycles. The van der Waals surface area contributed by atoms with Crippen LogP contribution in [0.5, 0.6) is 5.75 Å². The number of carbonyl (C=O) groups is 1. The van der Waals surface area contributed by atoms with Gasteiger partial charge in [0.1, 0.15) is 5.75 Å². The fourth-order valence-electron chi connectivity index (χ4n) is 2.52. The summed E-state index contributed by atoms with van der Waals surface area (Å²) >= 11 is 1.51. The maximum absolute atomic E-state index is 11.8. The van der Waals surface area contributed by atoms with Crippen molar-refractivity contribution in [3.63, 3.8) is 0 Å². The Morgan fingerprint density at radius 1 is 1.35 bits per heavy atom. The predicted molar refractivity (Wildman–Crippen MR) is 106 cm³/mol. The molecule has 0 spiro atoms. The van der Waals surface area contributed by atoms with Crippen LogP contribution in [0.1, 0.15) is 12.8 Å². The number of nitrogens with two attached hydrogens (primary N) is 1. The number of carbonyl (C=O) groups excluding carboxylic acids is 1. The zero-order valence-corrected chi connectivity index (χ0v) is 16.9. The van der Waals surface area contributed by atoms with E-state index in [2.05, 4.69) is 10.6 Å². The van der Waals surface area contributed by atoms with Crippen LogP contribution in [0, 0.1) is 5.92 Å². The number of rotatable bonds is 9. The number of primary sulfonamides is 1. The molecule has 148 valence electrons. The summed E-state index contributed by atoms with van der Waals surface area (Å²) in [6, 6.07) is 5.95. The van der Waals surface area contributed by atoms with E-state index in [4.69, 9.17) is 9.88 Å². The molecular formula is C16H26ClN3O4S2. The summed E-state index contributed by atoms with van der Waals surface area (Å²) in [7, 11) is -3.68. The first-order chi connectivity index (χ1) is 11.9. The second-order valence-electron chi connectivity index (χ2n) is 5.93. The fourth-order valence-corrected chi connectivity index (χ4v) is 3.66. The predicted octanol–water partition coefficient (Wildman–Crippen LogP) is 0.984. The molecule has 1 atom stereocenters. The third-order valence-corrected chi connectivity index (χ3v) is 5.72. The Bertz CT molecular complexity index is 650. The summed E-state index contributed by atoms with van der Waals surface area (Å²) in [6.45, 7) is 3.23. The Morgan fingerprint density at radius 2 is 2.08 bits per heavy atom. The van der Waals surface area contributed by atoms with Crippen LogP contribution >= 0.6 is 24.2 Å². The first-order valence-corrected chi connectivity index (χ1v) is 11.0. The van der Waals surface area contributed by atoms with Crippen LogP contribution in [0.2, 0.25) is 0 Å². The van der Waals surface area contributed by atoms with Crippen molar-refractivity contribution in [3.8, 4) is 5.75 Å². The lowest BCUT2D eigenvalue weighted by Crippen LogP contribution is -2.38. The van der Waals surface area contributed by atoms with Gasteiger partial charge in [-0.3, -0.25) is 4.79 Å². The van der Waals surface area contributed by atoms with Crippen molar-refractivity contribution in [3.05, 3.63) is 24.3 Å². The van der Waals surface area contributed by atoms with Crippen molar-refractivity contribution < 1.29 is 17.9 Å². The Labute approximate surface area is 165 Å². The summed E-state index contributed by atoms with van der Waals surface area (Å²) < 4.78 is 27.8. The van der Waals surface area contributed by atoms with Crippen LogP contribution in [-0.4, -0.2) is 52.1 Å². The van der Waals surface area contributed by atoms with Gasteiger partial charge in [0, 0.05) is 12.3 Å². The van der Waals surface area contributed by atoms with Gasteiger partial charge in [-0.25, -0.2) is 13.6 Å². The highest BCUT2D eigenvalue weighted by Crippen LogP contribution is 2.15. The number of hydrogen-bond donors (Lipinski definition) is 3. The average molecular weight is 424 g/mol. The molecule has 1 fully saturated rings. The standard InChI is InChI=1S/C16H25N3O4S2.ClH/c17-25(21,22)15-5-3-14(4-6-15)23-8-9-24-12-16(20)19-11-13-2-1-7-18-10-13;/h3-6,13,18H,1-2,7-12H2,(H,19,20)(H2,17,21,22);1H. The van der Waals surface area contributed by atoms with E-state index in [1.54, 1.807) is 12.1 Å². The lowest BCUT2D eigenvalue weighted by molar-refractivity contribution is -0.118. The molecule has 26 heavy (non-hydrogen) atoms. The number of halogens is 1. The summed E-state index contributed by atoms with van der Waals surface area (Å²) in [5.41, 5.74) is 0. The van der Waals surface area contributed by atoms with Gasteiger partial charge in [-0.1, -0.05) is 0 Å². The number of hydrogen-bond acceptors (Lipinski definition) is 6. The molecule has 0 bridgehead atoms. The molecule has 1 aliphatic heterocycles. The maximum atomic E-state index is 11.8. The second-order valence-corrected chi connectivity index (χ2v) is 8.60. The molecule has 0 aromatic heterocycles. The van der Waals surface area contributed by atoms with Gasteiger partial charge in [0.25, 0.3) is 0 Å². The lowest BCUT2D eigenvalue weighted by atomic mass is 10.00. The fraction of sp³-hybridized carbons (Fsp3) is 0.562. The first-order valence-electron chi connectivity index (χ1n) is 8.26. The topological polar surface area (TPSA) is 111 Å². The Morgan fingerprint density at radius 3 is 2.69 bits per heavy atom. The largest absolute Gasteiger partial charge is 0.493 e. The van der Waals surface area contributed by atoms with Gasteiger partial charge in [-0.05, 0) is 56.1 Å². The summed E-state index contributed by atoms with van der Waals surface area (Å²) in [4.78, 5) is 11.8. The zero-order valence-electron chi connectivity index (χ0n) is 14.5. The quantitative estimate of drug-likeness (QED) is 0.511. The van der Waals surface area contributed by atoms with Crippen molar-refractivity contribution in [1.82, 2.24) is 10.6 Å². The Hall–Kier alpha value is -1.00. The molecule has 1 aromatic rings. The molecule has 7 nitrogen and oxygen atoms in total. The first kappa shape index (κ1) is 23.0. The molecule has 0 saturated carbocycles. The van der Waals surface area contributed by atoms with E-state index in [-0.39, 0.29) is 23.2 Å². The van der Waals surface area contributed by atoms with Crippen molar-refractivity contribution in [1.29, 1.82) is 0 Å². The van der Waals surface area contributed by atoms with E-state index in [1.807, 2.05) is 0 Å². The number of piperidine rings is 1. The van der Waals surface area contributed by atoms with E-state index in [1.165, 1.54) is 36.7 Å². The average Bonchev–Trinajstić information content (AvgIpc) is 2.60. The lowest BCUT2D eigenvalue weighted by Gasteiger charge is -2.22. The van der Waals surface area contributed by atoms with Crippen molar-refractivity contribution >= 4 is 40.1 Å². The van der Waals surface area contributed by atoms with E-state index in [0.29, 0.717) is 29.8 Å². The number of sulfonamides is 1. The van der Waals surface area contributed by atoms with Gasteiger partial charge in [0.2, 0.25) is 15.9 Å². The van der Waals surface area contributed by atoms with Gasteiger partial charge in [-0.15, -0.1) is 24.2 Å². The minimum atomic E-state index is -3.68. The molecule has 0 aliphatic carbocycles. The Balaban J connectivity index is 0.00000338. The van der Waals surface area contributed by atoms with E-state index >= 15 is 0 Å². The maximum Gasteiger partial charge on any atom is 0.238 e. The monoisotopic (exact) mass is 423 g/mol. The number of thioether (sulfide) groups is 1. The van der Waals surface area contributed by atoms with E-state index < -0.39 is 10.0 Å². The van der Waals surface area contributed by atoms with Crippen molar-refractivity contribution in [2.75, 3.05) is 37.7 Å². The molecule has 1 heterocycles. The number of benzene rings is 1. The second kappa shape index (κ2) is 11.7. The van der Waals surface area contributed by atoms with E-state index in [9.17, 15) is 13.2 Å². The minimum Gasteiger partial charge on any atom is -0.493 e. The highest BCUT2D eigenvalue weighted by atomic mass is 35.5. The molecule has 1 unspecified atom stereocenters. The smallest absolute Gasteiger partial charge is 0.238 e. The minimum absolute atomic E-state index is 0. The Kier molecular flexibility index (Phi) is 10.3. The molecule has 10 heteroatoms. The van der Waals surface area contributed by atoms with Crippen LogP contribution in [0.4, 0.5) is 0 Å². The molecule has 4 N–H and O–H groups in total. The highest BCUT2D eigenvalue weighted by molar-refractivity contribution is 7.99. The van der Waals surface area contributed by atoms with Crippen molar-refractivity contribution in [2.24, 2.45) is 11.1 Å². The molecule has 1 aliphatic rings. The molecule has 1 aromatic carbocycles. The summed E-state index contributed by atoms with van der Waals surface area (Å²) in [5.74, 6) is 2.24.